The lowest BCUT2D eigenvalue weighted by Crippen LogP contribution is -2.29. The van der Waals surface area contributed by atoms with Crippen molar-refractivity contribution in [3.05, 3.63) is 51.5 Å². The van der Waals surface area contributed by atoms with E-state index in [1.807, 2.05) is 25.1 Å². The Morgan fingerprint density at radius 2 is 1.95 bits per heavy atom. The SMILES string of the molecule is CC(=O)c1sc(C(NC(=O)c2ccccc2)C2CC2)nc1C. The first kappa shape index (κ1) is 14.9. The number of Topliss-reactive ketones (excluding diaryl/α,β-unsaturated/α-hetero) is 1. The summed E-state index contributed by atoms with van der Waals surface area (Å²) in [6.07, 6.45) is 2.18. The van der Waals surface area contributed by atoms with E-state index in [1.54, 1.807) is 19.1 Å². The summed E-state index contributed by atoms with van der Waals surface area (Å²) in [5, 5.41) is 3.93. The zero-order chi connectivity index (χ0) is 15.7. The number of carbonyl (C=O) groups is 2. The summed E-state index contributed by atoms with van der Waals surface area (Å²) in [7, 11) is 0. The molecule has 22 heavy (non-hydrogen) atoms. The van der Waals surface area contributed by atoms with Crippen molar-refractivity contribution in [2.75, 3.05) is 0 Å². The van der Waals surface area contributed by atoms with Crippen LogP contribution in [0.2, 0.25) is 0 Å². The Kier molecular flexibility index (Phi) is 4.07. The van der Waals surface area contributed by atoms with Crippen LogP contribution < -0.4 is 5.32 Å². The Balaban J connectivity index is 1.83. The monoisotopic (exact) mass is 314 g/mol. The minimum atomic E-state index is -0.0930. The van der Waals surface area contributed by atoms with Gasteiger partial charge in [0.1, 0.15) is 5.01 Å². The molecule has 1 aliphatic carbocycles. The number of aromatic nitrogens is 1. The molecule has 0 aliphatic heterocycles. The number of aryl methyl sites for hydroxylation is 1. The lowest BCUT2D eigenvalue weighted by molar-refractivity contribution is 0.0931. The van der Waals surface area contributed by atoms with Crippen LogP contribution in [0.25, 0.3) is 0 Å². The molecule has 1 saturated carbocycles. The van der Waals surface area contributed by atoms with Gasteiger partial charge in [0, 0.05) is 12.5 Å². The molecule has 0 radical (unpaired) electrons. The normalized spacial score (nSPS) is 15.4. The number of nitrogens with zero attached hydrogens (tertiary/aromatic N) is 1. The van der Waals surface area contributed by atoms with Crippen LogP contribution in [0, 0.1) is 12.8 Å². The van der Waals surface area contributed by atoms with Crippen LogP contribution in [-0.2, 0) is 0 Å². The van der Waals surface area contributed by atoms with Gasteiger partial charge in [-0.15, -0.1) is 11.3 Å². The van der Waals surface area contributed by atoms with Crippen molar-refractivity contribution in [3.8, 4) is 0 Å². The third-order valence-electron chi connectivity index (χ3n) is 3.81. The summed E-state index contributed by atoms with van der Waals surface area (Å²) in [4.78, 5) is 29.2. The Morgan fingerprint density at radius 3 is 2.50 bits per heavy atom. The maximum atomic E-state index is 12.4. The maximum absolute atomic E-state index is 12.4. The average molecular weight is 314 g/mol. The number of benzene rings is 1. The molecule has 5 heteroatoms. The second-order valence-corrected chi connectivity index (χ2v) is 6.71. The highest BCUT2D eigenvalue weighted by Gasteiger charge is 2.36. The van der Waals surface area contributed by atoms with Crippen LogP contribution >= 0.6 is 11.3 Å². The van der Waals surface area contributed by atoms with Gasteiger partial charge in [0.05, 0.1) is 16.6 Å². The molecule has 2 aromatic rings. The highest BCUT2D eigenvalue weighted by molar-refractivity contribution is 7.13. The molecule has 1 aliphatic rings. The van der Waals surface area contributed by atoms with E-state index in [9.17, 15) is 9.59 Å². The topological polar surface area (TPSA) is 59.1 Å². The fraction of sp³-hybridized carbons (Fsp3) is 0.353. The predicted octanol–water partition coefficient (Wildman–Crippen LogP) is 3.54. The molecular formula is C17H18N2O2S. The van der Waals surface area contributed by atoms with Gasteiger partial charge >= 0.3 is 0 Å². The number of hydrogen-bond acceptors (Lipinski definition) is 4. The van der Waals surface area contributed by atoms with Crippen molar-refractivity contribution < 1.29 is 9.59 Å². The standard InChI is InChI=1S/C17H18N2O2S/c1-10-15(11(2)20)22-17(18-10)14(12-8-9-12)19-16(21)13-6-4-3-5-7-13/h3-7,12,14H,8-9H2,1-2H3,(H,19,21). The predicted molar refractivity (Wildman–Crippen MR) is 86.2 cm³/mol. The van der Waals surface area contributed by atoms with Gasteiger partial charge in [-0.3, -0.25) is 9.59 Å². The van der Waals surface area contributed by atoms with Crippen molar-refractivity contribution in [1.29, 1.82) is 0 Å². The largest absolute Gasteiger partial charge is 0.343 e. The van der Waals surface area contributed by atoms with E-state index in [4.69, 9.17) is 0 Å². The molecule has 1 fully saturated rings. The summed E-state index contributed by atoms with van der Waals surface area (Å²) >= 11 is 1.41. The zero-order valence-electron chi connectivity index (χ0n) is 12.6. The van der Waals surface area contributed by atoms with Crippen molar-refractivity contribution >= 4 is 23.0 Å². The Morgan fingerprint density at radius 1 is 1.27 bits per heavy atom. The van der Waals surface area contributed by atoms with Crippen LogP contribution in [0.3, 0.4) is 0 Å². The summed E-state index contributed by atoms with van der Waals surface area (Å²) < 4.78 is 0. The zero-order valence-corrected chi connectivity index (χ0v) is 13.4. The molecule has 114 valence electrons. The molecule has 0 spiro atoms. The molecule has 1 amide bonds. The van der Waals surface area contributed by atoms with E-state index in [0.29, 0.717) is 16.4 Å². The number of thiazole rings is 1. The van der Waals surface area contributed by atoms with E-state index >= 15 is 0 Å². The number of rotatable bonds is 5. The van der Waals surface area contributed by atoms with Gasteiger partial charge in [0.2, 0.25) is 0 Å². The van der Waals surface area contributed by atoms with Crippen molar-refractivity contribution in [1.82, 2.24) is 10.3 Å². The van der Waals surface area contributed by atoms with Gasteiger partial charge in [-0.1, -0.05) is 18.2 Å². The third kappa shape index (κ3) is 3.09. The molecule has 1 N–H and O–H groups in total. The highest BCUT2D eigenvalue weighted by Crippen LogP contribution is 2.42. The van der Waals surface area contributed by atoms with Gasteiger partial charge in [-0.2, -0.15) is 0 Å². The molecular weight excluding hydrogens is 296 g/mol. The van der Waals surface area contributed by atoms with Gasteiger partial charge in [0.15, 0.2) is 5.78 Å². The Bertz CT molecular complexity index is 705. The molecule has 3 rings (SSSR count). The first-order valence-electron chi connectivity index (χ1n) is 7.40. The van der Waals surface area contributed by atoms with E-state index in [1.165, 1.54) is 11.3 Å². The molecule has 1 atom stereocenters. The van der Waals surface area contributed by atoms with E-state index in [-0.39, 0.29) is 17.7 Å². The number of amides is 1. The summed E-state index contributed by atoms with van der Waals surface area (Å²) in [6, 6.07) is 9.09. The van der Waals surface area contributed by atoms with Crippen molar-refractivity contribution in [2.24, 2.45) is 5.92 Å². The fourth-order valence-corrected chi connectivity index (χ4v) is 3.61. The van der Waals surface area contributed by atoms with Crippen LogP contribution in [0.1, 0.15) is 56.5 Å². The minimum absolute atomic E-state index is 0.0326. The maximum Gasteiger partial charge on any atom is 0.251 e. The molecule has 1 aromatic carbocycles. The third-order valence-corrected chi connectivity index (χ3v) is 5.16. The molecule has 1 heterocycles. The van der Waals surface area contributed by atoms with E-state index < -0.39 is 0 Å². The van der Waals surface area contributed by atoms with Gasteiger partial charge in [0.25, 0.3) is 5.91 Å². The lowest BCUT2D eigenvalue weighted by atomic mass is 10.1. The Hall–Kier alpha value is -2.01. The van der Waals surface area contributed by atoms with Gasteiger partial charge in [-0.05, 0) is 37.8 Å². The molecule has 4 nitrogen and oxygen atoms in total. The highest BCUT2D eigenvalue weighted by atomic mass is 32.1. The van der Waals surface area contributed by atoms with Crippen LogP contribution in [-0.4, -0.2) is 16.7 Å². The molecule has 0 bridgehead atoms. The summed E-state index contributed by atoms with van der Waals surface area (Å²) in [5.74, 6) is 0.373. The van der Waals surface area contributed by atoms with Crippen LogP contribution in [0.15, 0.2) is 30.3 Å². The molecule has 1 aromatic heterocycles. The smallest absolute Gasteiger partial charge is 0.251 e. The van der Waals surface area contributed by atoms with Crippen LogP contribution in [0.5, 0.6) is 0 Å². The molecule has 1 unspecified atom stereocenters. The van der Waals surface area contributed by atoms with Gasteiger partial charge in [-0.25, -0.2) is 4.98 Å². The number of hydrogen-bond donors (Lipinski definition) is 1. The fourth-order valence-electron chi connectivity index (χ4n) is 2.50. The molecule has 0 saturated heterocycles. The average Bonchev–Trinajstić information content (AvgIpc) is 3.27. The number of nitrogens with one attached hydrogen (secondary N) is 1. The number of ketones is 1. The minimum Gasteiger partial charge on any atom is -0.343 e. The first-order valence-corrected chi connectivity index (χ1v) is 8.22. The van der Waals surface area contributed by atoms with Gasteiger partial charge < -0.3 is 5.32 Å². The first-order chi connectivity index (χ1) is 10.6. The number of carbonyl (C=O) groups excluding carboxylic acids is 2. The Labute approximate surface area is 133 Å². The summed E-state index contributed by atoms with van der Waals surface area (Å²) in [5.41, 5.74) is 1.40. The van der Waals surface area contributed by atoms with Crippen molar-refractivity contribution in [3.63, 3.8) is 0 Å². The van der Waals surface area contributed by atoms with E-state index in [2.05, 4.69) is 10.3 Å². The quantitative estimate of drug-likeness (QED) is 0.859. The second-order valence-electron chi connectivity index (χ2n) is 5.68. The lowest BCUT2D eigenvalue weighted by Gasteiger charge is -2.15. The van der Waals surface area contributed by atoms with E-state index in [0.717, 1.165) is 23.5 Å². The second kappa shape index (κ2) is 6.01. The summed E-state index contributed by atoms with van der Waals surface area (Å²) in [6.45, 7) is 3.40. The van der Waals surface area contributed by atoms with Crippen LogP contribution in [0.4, 0.5) is 0 Å². The van der Waals surface area contributed by atoms with Crippen molar-refractivity contribution in [2.45, 2.75) is 32.7 Å².